The number of halogens is 2. The number of hydrogen-bond donors (Lipinski definition) is 1. The van der Waals surface area contributed by atoms with Crippen LogP contribution in [0.1, 0.15) is 17.3 Å². The molecular formula is C13H13Br2N3O. The molecule has 0 saturated carbocycles. The van der Waals surface area contributed by atoms with E-state index in [4.69, 9.17) is 4.74 Å². The molecule has 2 heterocycles. The summed E-state index contributed by atoms with van der Waals surface area (Å²) >= 11 is 6.94. The van der Waals surface area contributed by atoms with E-state index in [1.807, 2.05) is 19.2 Å². The molecular weight excluding hydrogens is 374 g/mol. The first-order valence-corrected chi connectivity index (χ1v) is 7.21. The molecule has 6 heteroatoms. The van der Waals surface area contributed by atoms with Gasteiger partial charge in [-0.1, -0.05) is 0 Å². The zero-order valence-corrected chi connectivity index (χ0v) is 13.7. The maximum atomic E-state index is 5.20. The topological polar surface area (TPSA) is 47.0 Å². The van der Waals surface area contributed by atoms with E-state index in [0.717, 1.165) is 26.0 Å². The molecule has 19 heavy (non-hydrogen) atoms. The van der Waals surface area contributed by atoms with Crippen LogP contribution in [0.5, 0.6) is 5.75 Å². The average molecular weight is 387 g/mol. The van der Waals surface area contributed by atoms with Gasteiger partial charge in [0, 0.05) is 21.3 Å². The van der Waals surface area contributed by atoms with Crippen LogP contribution in [0.3, 0.4) is 0 Å². The molecule has 0 aliphatic carbocycles. The molecule has 0 bridgehead atoms. The highest BCUT2D eigenvalue weighted by Crippen LogP contribution is 2.29. The van der Waals surface area contributed by atoms with Gasteiger partial charge < -0.3 is 10.1 Å². The summed E-state index contributed by atoms with van der Waals surface area (Å²) in [6, 6.07) is 3.87. The fraction of sp³-hybridized carbons (Fsp3) is 0.231. The second-order valence-corrected chi connectivity index (χ2v) is 5.67. The SMILES string of the molecule is CNC(c1cncc(OC)c1)c1ncc(Br)cc1Br. The van der Waals surface area contributed by atoms with Crippen molar-refractivity contribution in [3.05, 3.63) is 50.9 Å². The number of rotatable bonds is 4. The summed E-state index contributed by atoms with van der Waals surface area (Å²) in [5.74, 6) is 0.728. The molecule has 2 aromatic heterocycles. The van der Waals surface area contributed by atoms with Gasteiger partial charge in [0.15, 0.2) is 0 Å². The molecule has 0 spiro atoms. The van der Waals surface area contributed by atoms with E-state index in [0.29, 0.717) is 0 Å². The van der Waals surface area contributed by atoms with Crippen LogP contribution in [-0.4, -0.2) is 24.1 Å². The summed E-state index contributed by atoms with van der Waals surface area (Å²) < 4.78 is 7.07. The quantitative estimate of drug-likeness (QED) is 0.875. The molecule has 1 atom stereocenters. The van der Waals surface area contributed by atoms with E-state index in [1.54, 1.807) is 25.7 Å². The number of nitrogens with zero attached hydrogens (tertiary/aromatic N) is 2. The Kier molecular flexibility index (Phi) is 4.90. The molecule has 0 aliphatic heterocycles. The van der Waals surface area contributed by atoms with Crippen molar-refractivity contribution in [2.24, 2.45) is 0 Å². The molecule has 0 aliphatic rings. The lowest BCUT2D eigenvalue weighted by molar-refractivity contribution is 0.411. The van der Waals surface area contributed by atoms with E-state index < -0.39 is 0 Å². The highest BCUT2D eigenvalue weighted by atomic mass is 79.9. The van der Waals surface area contributed by atoms with Crippen molar-refractivity contribution >= 4 is 31.9 Å². The zero-order chi connectivity index (χ0) is 13.8. The normalized spacial score (nSPS) is 12.2. The van der Waals surface area contributed by atoms with Crippen molar-refractivity contribution < 1.29 is 4.74 Å². The average Bonchev–Trinajstić information content (AvgIpc) is 2.42. The minimum absolute atomic E-state index is 0.0509. The van der Waals surface area contributed by atoms with E-state index >= 15 is 0 Å². The molecule has 0 aromatic carbocycles. The smallest absolute Gasteiger partial charge is 0.137 e. The molecule has 2 rings (SSSR count). The summed E-state index contributed by atoms with van der Waals surface area (Å²) in [6.07, 6.45) is 5.26. The molecule has 1 unspecified atom stereocenters. The van der Waals surface area contributed by atoms with Gasteiger partial charge in [0.05, 0.1) is 25.0 Å². The van der Waals surface area contributed by atoms with Crippen molar-refractivity contribution in [1.82, 2.24) is 15.3 Å². The third-order valence-electron chi connectivity index (χ3n) is 2.70. The molecule has 0 saturated heterocycles. The number of pyridine rings is 2. The molecule has 1 N–H and O–H groups in total. The largest absolute Gasteiger partial charge is 0.495 e. The Morgan fingerprint density at radius 2 is 2.00 bits per heavy atom. The van der Waals surface area contributed by atoms with Crippen LogP contribution in [-0.2, 0) is 0 Å². The second kappa shape index (κ2) is 6.45. The molecule has 4 nitrogen and oxygen atoms in total. The Labute approximate surface area is 128 Å². The van der Waals surface area contributed by atoms with Crippen LogP contribution >= 0.6 is 31.9 Å². The molecule has 2 aromatic rings. The van der Waals surface area contributed by atoms with Gasteiger partial charge in [0.2, 0.25) is 0 Å². The van der Waals surface area contributed by atoms with Crippen LogP contribution < -0.4 is 10.1 Å². The standard InChI is InChI=1S/C13H13Br2N3O/c1-16-12(8-3-10(19-2)7-17-5-8)13-11(15)4-9(14)6-18-13/h3-7,12,16H,1-2H3. The van der Waals surface area contributed by atoms with Gasteiger partial charge in [0.25, 0.3) is 0 Å². The zero-order valence-electron chi connectivity index (χ0n) is 10.5. The fourth-order valence-electron chi connectivity index (χ4n) is 1.80. The van der Waals surface area contributed by atoms with E-state index in [9.17, 15) is 0 Å². The Balaban J connectivity index is 2.43. The molecule has 0 amide bonds. The Hall–Kier alpha value is -0.980. The summed E-state index contributed by atoms with van der Waals surface area (Å²) in [5.41, 5.74) is 1.90. The minimum Gasteiger partial charge on any atom is -0.495 e. The van der Waals surface area contributed by atoms with Crippen molar-refractivity contribution in [2.75, 3.05) is 14.2 Å². The van der Waals surface area contributed by atoms with Crippen LogP contribution in [0, 0.1) is 0 Å². The van der Waals surface area contributed by atoms with Crippen molar-refractivity contribution in [2.45, 2.75) is 6.04 Å². The van der Waals surface area contributed by atoms with Gasteiger partial charge >= 0.3 is 0 Å². The lowest BCUT2D eigenvalue weighted by Crippen LogP contribution is -2.19. The maximum Gasteiger partial charge on any atom is 0.137 e. The van der Waals surface area contributed by atoms with E-state index in [-0.39, 0.29) is 6.04 Å². The number of hydrogen-bond acceptors (Lipinski definition) is 4. The lowest BCUT2D eigenvalue weighted by atomic mass is 10.1. The molecule has 0 fully saturated rings. The summed E-state index contributed by atoms with van der Waals surface area (Å²) in [6.45, 7) is 0. The van der Waals surface area contributed by atoms with Crippen LogP contribution in [0.2, 0.25) is 0 Å². The number of nitrogens with one attached hydrogen (secondary N) is 1. The third kappa shape index (κ3) is 3.32. The predicted molar refractivity (Wildman–Crippen MR) is 81.3 cm³/mol. The summed E-state index contributed by atoms with van der Waals surface area (Å²) in [4.78, 5) is 8.64. The highest BCUT2D eigenvalue weighted by Gasteiger charge is 2.17. The molecule has 0 radical (unpaired) electrons. The van der Waals surface area contributed by atoms with Gasteiger partial charge in [-0.3, -0.25) is 9.97 Å². The second-order valence-electron chi connectivity index (χ2n) is 3.90. The minimum atomic E-state index is -0.0509. The van der Waals surface area contributed by atoms with Gasteiger partial charge in [-0.05, 0) is 56.6 Å². The first-order valence-electron chi connectivity index (χ1n) is 5.63. The van der Waals surface area contributed by atoms with Crippen LogP contribution in [0.25, 0.3) is 0 Å². The van der Waals surface area contributed by atoms with Crippen LogP contribution in [0.15, 0.2) is 39.7 Å². The van der Waals surface area contributed by atoms with Gasteiger partial charge in [0.1, 0.15) is 5.75 Å². The summed E-state index contributed by atoms with van der Waals surface area (Å²) in [5, 5.41) is 3.24. The number of ether oxygens (including phenoxy) is 1. The first-order chi connectivity index (χ1) is 9.15. The Morgan fingerprint density at radius 1 is 1.21 bits per heavy atom. The maximum absolute atomic E-state index is 5.20. The monoisotopic (exact) mass is 385 g/mol. The highest BCUT2D eigenvalue weighted by molar-refractivity contribution is 9.11. The van der Waals surface area contributed by atoms with E-state index in [1.165, 1.54) is 0 Å². The predicted octanol–water partition coefficient (Wildman–Crippen LogP) is 3.32. The third-order valence-corrected chi connectivity index (χ3v) is 3.77. The lowest BCUT2D eigenvalue weighted by Gasteiger charge is -2.17. The van der Waals surface area contributed by atoms with Gasteiger partial charge in [-0.15, -0.1) is 0 Å². The molecule has 100 valence electrons. The number of methoxy groups -OCH3 is 1. The Morgan fingerprint density at radius 3 is 2.63 bits per heavy atom. The van der Waals surface area contributed by atoms with E-state index in [2.05, 4.69) is 47.1 Å². The Bertz CT molecular complexity index is 578. The van der Waals surface area contributed by atoms with Crippen molar-refractivity contribution in [1.29, 1.82) is 0 Å². The van der Waals surface area contributed by atoms with Crippen LogP contribution in [0.4, 0.5) is 0 Å². The number of aromatic nitrogens is 2. The van der Waals surface area contributed by atoms with Crippen molar-refractivity contribution in [3.8, 4) is 5.75 Å². The van der Waals surface area contributed by atoms with Crippen molar-refractivity contribution in [3.63, 3.8) is 0 Å². The first kappa shape index (κ1) is 14.4. The summed E-state index contributed by atoms with van der Waals surface area (Å²) in [7, 11) is 3.52. The van der Waals surface area contributed by atoms with Gasteiger partial charge in [-0.25, -0.2) is 0 Å². The van der Waals surface area contributed by atoms with Gasteiger partial charge in [-0.2, -0.15) is 0 Å². The fourth-order valence-corrected chi connectivity index (χ4v) is 3.02.